The molecule has 25 heavy (non-hydrogen) atoms. The van der Waals surface area contributed by atoms with Gasteiger partial charge in [0, 0.05) is 61.3 Å². The van der Waals surface area contributed by atoms with Gasteiger partial charge in [0.15, 0.2) is 0 Å². The van der Waals surface area contributed by atoms with Crippen LogP contribution < -0.4 is 9.64 Å². The van der Waals surface area contributed by atoms with Crippen molar-refractivity contribution in [3.05, 3.63) is 40.2 Å². The lowest BCUT2D eigenvalue weighted by Gasteiger charge is -2.34. The zero-order chi connectivity index (χ0) is 17.1. The van der Waals surface area contributed by atoms with Gasteiger partial charge < -0.3 is 9.64 Å². The van der Waals surface area contributed by atoms with E-state index in [0.29, 0.717) is 5.88 Å². The molecule has 130 valence electrons. The number of methoxy groups -OCH3 is 1. The minimum absolute atomic E-state index is 0.607. The first-order chi connectivity index (χ1) is 12.3. The van der Waals surface area contributed by atoms with Crippen molar-refractivity contribution in [3.63, 3.8) is 0 Å². The molecule has 1 aliphatic rings. The van der Waals surface area contributed by atoms with Crippen LogP contribution in [0.2, 0.25) is 0 Å². The lowest BCUT2D eigenvalue weighted by molar-refractivity contribution is 0.246. The highest BCUT2D eigenvalue weighted by atomic mass is 32.1. The Balaban J connectivity index is 1.34. The second-order valence-corrected chi connectivity index (χ2v) is 7.46. The molecule has 1 saturated heterocycles. The summed E-state index contributed by atoms with van der Waals surface area (Å²) in [5, 5.41) is 7.52. The maximum absolute atomic E-state index is 5.18. The van der Waals surface area contributed by atoms with Crippen molar-refractivity contribution in [3.8, 4) is 16.5 Å². The fraction of sp³-hybridized carbons (Fsp3) is 0.353. The van der Waals surface area contributed by atoms with Crippen LogP contribution in [0.25, 0.3) is 10.6 Å². The Hall–Kier alpha value is -2.03. The van der Waals surface area contributed by atoms with Gasteiger partial charge in [-0.2, -0.15) is 16.3 Å². The minimum atomic E-state index is 0.607. The molecule has 0 radical (unpaired) electrons. The highest BCUT2D eigenvalue weighted by Gasteiger charge is 2.20. The Morgan fingerprint density at radius 1 is 1.12 bits per heavy atom. The number of hydrogen-bond acceptors (Lipinski definition) is 8. The normalized spacial score (nSPS) is 15.5. The summed E-state index contributed by atoms with van der Waals surface area (Å²) >= 11 is 3.43. The molecule has 8 heteroatoms. The molecule has 0 saturated carbocycles. The van der Waals surface area contributed by atoms with Gasteiger partial charge in [-0.25, -0.2) is 9.97 Å². The summed E-state index contributed by atoms with van der Waals surface area (Å²) in [4.78, 5) is 18.2. The number of hydrogen-bond donors (Lipinski definition) is 0. The zero-order valence-electron chi connectivity index (χ0n) is 14.0. The number of ether oxygens (including phenoxy) is 1. The Labute approximate surface area is 154 Å². The highest BCUT2D eigenvalue weighted by molar-refractivity contribution is 7.14. The first-order valence-electron chi connectivity index (χ1n) is 8.13. The van der Waals surface area contributed by atoms with Crippen molar-refractivity contribution in [2.75, 3.05) is 38.2 Å². The van der Waals surface area contributed by atoms with Crippen LogP contribution in [0.4, 0.5) is 5.95 Å². The topological polar surface area (TPSA) is 54.4 Å². The molecule has 0 N–H and O–H groups in total. The van der Waals surface area contributed by atoms with Crippen molar-refractivity contribution >= 4 is 28.6 Å². The fourth-order valence-electron chi connectivity index (χ4n) is 2.83. The van der Waals surface area contributed by atoms with E-state index in [4.69, 9.17) is 9.72 Å². The third kappa shape index (κ3) is 3.81. The van der Waals surface area contributed by atoms with Gasteiger partial charge in [-0.3, -0.25) is 4.90 Å². The number of thiazole rings is 1. The second-order valence-electron chi connectivity index (χ2n) is 5.82. The zero-order valence-corrected chi connectivity index (χ0v) is 15.6. The van der Waals surface area contributed by atoms with Crippen molar-refractivity contribution in [1.29, 1.82) is 0 Å². The van der Waals surface area contributed by atoms with Crippen LogP contribution in [-0.2, 0) is 6.54 Å². The van der Waals surface area contributed by atoms with Crippen LogP contribution in [0, 0.1) is 0 Å². The molecule has 0 atom stereocenters. The maximum atomic E-state index is 5.18. The lowest BCUT2D eigenvalue weighted by Crippen LogP contribution is -2.46. The first kappa shape index (κ1) is 16.4. The average Bonchev–Trinajstić information content (AvgIpc) is 3.34. The SMILES string of the molecule is COc1ccnc(N2CCN(Cc3csc(-c4ccsc4)n3)CC2)n1. The van der Waals surface area contributed by atoms with Crippen LogP contribution in [0.5, 0.6) is 5.88 Å². The van der Waals surface area contributed by atoms with Crippen molar-refractivity contribution in [1.82, 2.24) is 19.9 Å². The third-order valence-corrected chi connectivity index (χ3v) is 5.81. The van der Waals surface area contributed by atoms with Crippen molar-refractivity contribution < 1.29 is 4.74 Å². The lowest BCUT2D eigenvalue weighted by atomic mass is 10.3. The molecule has 0 spiro atoms. The summed E-state index contributed by atoms with van der Waals surface area (Å²) in [7, 11) is 1.63. The van der Waals surface area contributed by atoms with Crippen LogP contribution in [0.1, 0.15) is 5.69 Å². The fourth-order valence-corrected chi connectivity index (χ4v) is 4.35. The van der Waals surface area contributed by atoms with Gasteiger partial charge in [-0.1, -0.05) is 0 Å². The molecule has 0 amide bonds. The summed E-state index contributed by atoms with van der Waals surface area (Å²) in [5.74, 6) is 1.35. The molecule has 0 aromatic carbocycles. The molecule has 1 aliphatic heterocycles. The number of piperazine rings is 1. The highest BCUT2D eigenvalue weighted by Crippen LogP contribution is 2.26. The molecule has 0 bridgehead atoms. The molecule has 0 aliphatic carbocycles. The summed E-state index contributed by atoms with van der Waals surface area (Å²) < 4.78 is 5.18. The summed E-state index contributed by atoms with van der Waals surface area (Å²) in [6, 6.07) is 3.90. The second kappa shape index (κ2) is 7.47. The molecule has 1 fully saturated rings. The number of anilines is 1. The Bertz CT molecular complexity index is 812. The van der Waals surface area contributed by atoms with E-state index in [1.807, 2.05) is 0 Å². The van der Waals surface area contributed by atoms with E-state index in [1.165, 1.54) is 5.56 Å². The summed E-state index contributed by atoms with van der Waals surface area (Å²) in [6.07, 6.45) is 1.74. The van der Waals surface area contributed by atoms with E-state index in [0.717, 1.165) is 49.4 Å². The Morgan fingerprint density at radius 3 is 2.76 bits per heavy atom. The predicted molar refractivity (Wildman–Crippen MR) is 102 cm³/mol. The predicted octanol–water partition coefficient (Wildman–Crippen LogP) is 2.99. The van der Waals surface area contributed by atoms with Gasteiger partial charge in [0.05, 0.1) is 12.8 Å². The molecular formula is C17H19N5OS2. The van der Waals surface area contributed by atoms with Crippen LogP contribution in [0.3, 0.4) is 0 Å². The number of thiophene rings is 1. The summed E-state index contributed by atoms with van der Waals surface area (Å²) in [6.45, 7) is 4.68. The van der Waals surface area contributed by atoms with Gasteiger partial charge in [0.1, 0.15) is 5.01 Å². The smallest absolute Gasteiger partial charge is 0.228 e. The van der Waals surface area contributed by atoms with E-state index in [9.17, 15) is 0 Å². The molecule has 0 unspecified atom stereocenters. The molecular weight excluding hydrogens is 354 g/mol. The van der Waals surface area contributed by atoms with Crippen LogP contribution in [-0.4, -0.2) is 53.1 Å². The van der Waals surface area contributed by atoms with Gasteiger partial charge >= 0.3 is 0 Å². The largest absolute Gasteiger partial charge is 0.481 e. The van der Waals surface area contributed by atoms with E-state index < -0.39 is 0 Å². The first-order valence-corrected chi connectivity index (χ1v) is 9.95. The van der Waals surface area contributed by atoms with E-state index in [2.05, 4.69) is 42.0 Å². The number of nitrogens with zero attached hydrogens (tertiary/aromatic N) is 5. The molecule has 3 aromatic rings. The third-order valence-electron chi connectivity index (χ3n) is 4.19. The Kier molecular flexibility index (Phi) is 4.91. The van der Waals surface area contributed by atoms with Gasteiger partial charge in [-0.15, -0.1) is 11.3 Å². The molecule has 4 rings (SSSR count). The molecule has 3 aromatic heterocycles. The molecule has 6 nitrogen and oxygen atoms in total. The quantitative estimate of drug-likeness (QED) is 0.685. The van der Waals surface area contributed by atoms with Crippen LogP contribution >= 0.6 is 22.7 Å². The van der Waals surface area contributed by atoms with E-state index >= 15 is 0 Å². The monoisotopic (exact) mass is 373 g/mol. The summed E-state index contributed by atoms with van der Waals surface area (Å²) in [5.41, 5.74) is 2.37. The van der Waals surface area contributed by atoms with Gasteiger partial charge in [-0.05, 0) is 11.4 Å². The van der Waals surface area contributed by atoms with E-state index in [-0.39, 0.29) is 0 Å². The van der Waals surface area contributed by atoms with Gasteiger partial charge in [0.2, 0.25) is 11.8 Å². The van der Waals surface area contributed by atoms with Crippen molar-refractivity contribution in [2.45, 2.75) is 6.54 Å². The maximum Gasteiger partial charge on any atom is 0.228 e. The van der Waals surface area contributed by atoms with Crippen LogP contribution in [0.15, 0.2) is 34.5 Å². The standard InChI is InChI=1S/C17H19N5OS2/c1-23-15-2-4-18-17(20-15)22-7-5-21(6-8-22)10-14-12-25-16(19-14)13-3-9-24-11-13/h2-4,9,11-12H,5-8,10H2,1H3. The number of aromatic nitrogens is 3. The van der Waals surface area contributed by atoms with E-state index in [1.54, 1.807) is 42.0 Å². The van der Waals surface area contributed by atoms with Gasteiger partial charge in [0.25, 0.3) is 0 Å². The van der Waals surface area contributed by atoms with Crippen molar-refractivity contribution in [2.24, 2.45) is 0 Å². The molecule has 4 heterocycles. The minimum Gasteiger partial charge on any atom is -0.481 e. The average molecular weight is 374 g/mol. The number of rotatable bonds is 5. The Morgan fingerprint density at radius 2 is 2.00 bits per heavy atom.